The van der Waals surface area contributed by atoms with E-state index in [4.69, 9.17) is 0 Å². The van der Waals surface area contributed by atoms with Gasteiger partial charge >= 0.3 is 0 Å². The minimum Gasteiger partial charge on any atom is -0.344 e. The third-order valence-corrected chi connectivity index (χ3v) is 2.23. The number of aryl methyl sites for hydroxylation is 1. The van der Waals surface area contributed by atoms with Crippen LogP contribution >= 0.6 is 0 Å². The molecule has 1 heteroatoms. The molecule has 0 unspecified atom stereocenters. The smallest absolute Gasteiger partial charge is 0.0155 e. The maximum atomic E-state index is 2.16. The van der Waals surface area contributed by atoms with Crippen molar-refractivity contribution < 1.29 is 0 Å². The van der Waals surface area contributed by atoms with Crippen LogP contribution in [0.4, 0.5) is 0 Å². The van der Waals surface area contributed by atoms with Gasteiger partial charge in [-0.25, -0.2) is 0 Å². The fraction of sp³-hybridized carbons (Fsp3) is 0.200. The lowest BCUT2D eigenvalue weighted by Crippen LogP contribution is -1.80. The number of hydrogen-bond acceptors (Lipinski definition) is 1. The molecule has 3 N–H and O–H groups in total. The Kier molecular flexibility index (Phi) is 6.89. The molecule has 0 heterocycles. The van der Waals surface area contributed by atoms with Crippen LogP contribution in [-0.4, -0.2) is 0 Å². The normalized spacial score (nSPS) is 8.44. The van der Waals surface area contributed by atoms with Gasteiger partial charge < -0.3 is 6.15 Å². The first-order chi connectivity index (χ1) is 7.38. The summed E-state index contributed by atoms with van der Waals surface area (Å²) < 4.78 is 0. The highest BCUT2D eigenvalue weighted by Gasteiger charge is 1.97. The van der Waals surface area contributed by atoms with Crippen molar-refractivity contribution in [3.05, 3.63) is 60.2 Å². The van der Waals surface area contributed by atoms with Crippen LogP contribution in [0.1, 0.15) is 19.4 Å². The molecule has 2 aromatic rings. The molecular formula is C15H21N. The zero-order valence-electron chi connectivity index (χ0n) is 10.4. The van der Waals surface area contributed by atoms with E-state index in [1.807, 2.05) is 19.9 Å². The van der Waals surface area contributed by atoms with Crippen molar-refractivity contribution in [2.24, 2.45) is 0 Å². The van der Waals surface area contributed by atoms with Crippen molar-refractivity contribution in [1.82, 2.24) is 6.15 Å². The molecule has 0 aromatic heterocycles. The van der Waals surface area contributed by atoms with Gasteiger partial charge in [-0.15, -0.1) is 0 Å². The molecule has 0 bridgehead atoms. The van der Waals surface area contributed by atoms with Crippen LogP contribution in [0, 0.1) is 6.92 Å². The quantitative estimate of drug-likeness (QED) is 0.725. The van der Waals surface area contributed by atoms with Crippen molar-refractivity contribution in [2.75, 3.05) is 0 Å². The summed E-state index contributed by atoms with van der Waals surface area (Å²) in [5, 5.41) is 0. The van der Waals surface area contributed by atoms with Crippen molar-refractivity contribution in [2.45, 2.75) is 20.8 Å². The molecule has 1 nitrogen and oxygen atoms in total. The minimum atomic E-state index is 0. The second-order valence-corrected chi connectivity index (χ2v) is 3.18. The molecule has 0 amide bonds. The molecule has 0 spiro atoms. The molecule has 86 valence electrons. The summed E-state index contributed by atoms with van der Waals surface area (Å²) in [6.45, 7) is 6.14. The Balaban J connectivity index is 0.000000711. The predicted octanol–water partition coefficient (Wildman–Crippen LogP) is 4.85. The molecule has 2 aromatic carbocycles. The number of rotatable bonds is 1. The van der Waals surface area contributed by atoms with Gasteiger partial charge in [0.05, 0.1) is 0 Å². The summed E-state index contributed by atoms with van der Waals surface area (Å²) in [5.41, 5.74) is 3.94. The molecule has 0 aliphatic carbocycles. The van der Waals surface area contributed by atoms with Gasteiger partial charge in [0.15, 0.2) is 0 Å². The maximum Gasteiger partial charge on any atom is -0.0155 e. The van der Waals surface area contributed by atoms with E-state index >= 15 is 0 Å². The minimum absolute atomic E-state index is 0. The lowest BCUT2D eigenvalue weighted by molar-refractivity contribution is 1.46. The van der Waals surface area contributed by atoms with Crippen molar-refractivity contribution in [3.8, 4) is 11.1 Å². The second kappa shape index (κ2) is 7.66. The van der Waals surface area contributed by atoms with E-state index in [1.54, 1.807) is 0 Å². The van der Waals surface area contributed by atoms with Crippen molar-refractivity contribution in [1.29, 1.82) is 0 Å². The van der Waals surface area contributed by atoms with Crippen LogP contribution in [0.2, 0.25) is 0 Å². The van der Waals surface area contributed by atoms with Gasteiger partial charge in [0.1, 0.15) is 0 Å². The standard InChI is InChI=1S/C13H12.C2H6.H3N/c1-11-7-5-6-10-13(11)12-8-3-2-4-9-12;1-2;/h2-10H,1H3;1-2H3;1H3. The van der Waals surface area contributed by atoms with E-state index in [2.05, 4.69) is 55.5 Å². The molecule has 0 saturated carbocycles. The van der Waals surface area contributed by atoms with E-state index < -0.39 is 0 Å². The molecule has 0 atom stereocenters. The molecule has 0 fully saturated rings. The van der Waals surface area contributed by atoms with Crippen molar-refractivity contribution in [3.63, 3.8) is 0 Å². The summed E-state index contributed by atoms with van der Waals surface area (Å²) in [6.07, 6.45) is 0. The average Bonchev–Trinajstić information content (AvgIpc) is 2.33. The summed E-state index contributed by atoms with van der Waals surface area (Å²) in [5.74, 6) is 0. The lowest BCUT2D eigenvalue weighted by atomic mass is 10.0. The van der Waals surface area contributed by atoms with E-state index in [0.29, 0.717) is 0 Å². The lowest BCUT2D eigenvalue weighted by Gasteiger charge is -2.04. The highest BCUT2D eigenvalue weighted by atomic mass is 14.0. The third-order valence-electron chi connectivity index (χ3n) is 2.23. The zero-order chi connectivity index (χ0) is 11.1. The largest absolute Gasteiger partial charge is 0.344 e. The van der Waals surface area contributed by atoms with Gasteiger partial charge in [-0.3, -0.25) is 0 Å². The van der Waals surface area contributed by atoms with Gasteiger partial charge in [0, 0.05) is 0 Å². The zero-order valence-corrected chi connectivity index (χ0v) is 10.4. The summed E-state index contributed by atoms with van der Waals surface area (Å²) >= 11 is 0. The Labute approximate surface area is 98.7 Å². The van der Waals surface area contributed by atoms with E-state index in [-0.39, 0.29) is 6.15 Å². The molecule has 16 heavy (non-hydrogen) atoms. The van der Waals surface area contributed by atoms with Gasteiger partial charge in [0.2, 0.25) is 0 Å². The Morgan fingerprint density at radius 1 is 0.688 bits per heavy atom. The average molecular weight is 215 g/mol. The molecule has 0 saturated heterocycles. The molecule has 0 aliphatic rings. The number of benzene rings is 2. The van der Waals surface area contributed by atoms with Crippen LogP contribution in [-0.2, 0) is 0 Å². The molecule has 0 radical (unpaired) electrons. The Bertz CT molecular complexity index is 393. The van der Waals surface area contributed by atoms with Crippen LogP contribution in [0.15, 0.2) is 54.6 Å². The van der Waals surface area contributed by atoms with Crippen LogP contribution in [0.3, 0.4) is 0 Å². The summed E-state index contributed by atoms with van der Waals surface area (Å²) in [7, 11) is 0. The number of hydrogen-bond donors (Lipinski definition) is 1. The second-order valence-electron chi connectivity index (χ2n) is 3.18. The van der Waals surface area contributed by atoms with E-state index in [0.717, 1.165) is 0 Å². The van der Waals surface area contributed by atoms with Gasteiger partial charge in [0.25, 0.3) is 0 Å². The molecule has 2 rings (SSSR count). The SMILES string of the molecule is CC.Cc1ccccc1-c1ccccc1.N. The summed E-state index contributed by atoms with van der Waals surface area (Å²) in [6, 6.07) is 18.9. The highest BCUT2D eigenvalue weighted by molar-refractivity contribution is 5.66. The first kappa shape index (κ1) is 14.4. The van der Waals surface area contributed by atoms with E-state index in [9.17, 15) is 0 Å². The highest BCUT2D eigenvalue weighted by Crippen LogP contribution is 2.21. The maximum absolute atomic E-state index is 2.16. The van der Waals surface area contributed by atoms with Crippen LogP contribution in [0.25, 0.3) is 11.1 Å². The Morgan fingerprint density at radius 2 is 1.19 bits per heavy atom. The predicted molar refractivity (Wildman–Crippen MR) is 73.0 cm³/mol. The van der Waals surface area contributed by atoms with E-state index in [1.165, 1.54) is 16.7 Å². The van der Waals surface area contributed by atoms with Crippen molar-refractivity contribution >= 4 is 0 Å². The van der Waals surface area contributed by atoms with Gasteiger partial charge in [-0.1, -0.05) is 68.4 Å². The Morgan fingerprint density at radius 3 is 1.75 bits per heavy atom. The monoisotopic (exact) mass is 215 g/mol. The summed E-state index contributed by atoms with van der Waals surface area (Å²) in [4.78, 5) is 0. The molecule has 0 aliphatic heterocycles. The van der Waals surface area contributed by atoms with Gasteiger partial charge in [-0.05, 0) is 23.6 Å². The molecular weight excluding hydrogens is 194 g/mol. The first-order valence-corrected chi connectivity index (χ1v) is 5.49. The van der Waals surface area contributed by atoms with Crippen LogP contribution in [0.5, 0.6) is 0 Å². The van der Waals surface area contributed by atoms with Crippen LogP contribution < -0.4 is 6.15 Å². The third kappa shape index (κ3) is 3.52. The Hall–Kier alpha value is -1.60. The van der Waals surface area contributed by atoms with Gasteiger partial charge in [-0.2, -0.15) is 0 Å². The topological polar surface area (TPSA) is 35.0 Å². The fourth-order valence-electron chi connectivity index (χ4n) is 1.51. The first-order valence-electron chi connectivity index (χ1n) is 5.49. The fourth-order valence-corrected chi connectivity index (χ4v) is 1.51.